The standard InChI is InChI=1S/C16H22N2O4/c1-16(2)9-17-14(19)8-18(10-16)15(20)11-5-6-12(21-3)13(7-11)22-4/h5-7H,8-10H2,1-4H3,(H,17,19). The number of rotatable bonds is 3. The van der Waals surface area contributed by atoms with E-state index in [2.05, 4.69) is 5.32 Å². The van der Waals surface area contributed by atoms with Crippen molar-refractivity contribution < 1.29 is 19.1 Å². The Morgan fingerprint density at radius 2 is 1.91 bits per heavy atom. The molecule has 0 spiro atoms. The maximum absolute atomic E-state index is 12.7. The summed E-state index contributed by atoms with van der Waals surface area (Å²) < 4.78 is 10.4. The summed E-state index contributed by atoms with van der Waals surface area (Å²) in [6.07, 6.45) is 0. The molecular formula is C16H22N2O4. The fourth-order valence-corrected chi connectivity index (χ4v) is 2.49. The first-order valence-corrected chi connectivity index (χ1v) is 7.14. The van der Waals surface area contributed by atoms with Crippen molar-refractivity contribution >= 4 is 11.8 Å². The normalized spacial score (nSPS) is 17.5. The van der Waals surface area contributed by atoms with Crippen LogP contribution in [0.2, 0.25) is 0 Å². The van der Waals surface area contributed by atoms with Gasteiger partial charge in [-0.1, -0.05) is 13.8 Å². The van der Waals surface area contributed by atoms with Gasteiger partial charge >= 0.3 is 0 Å². The van der Waals surface area contributed by atoms with Crippen molar-refractivity contribution in [2.45, 2.75) is 13.8 Å². The largest absolute Gasteiger partial charge is 0.493 e. The summed E-state index contributed by atoms with van der Waals surface area (Å²) in [5.41, 5.74) is 0.307. The Kier molecular flexibility index (Phi) is 4.59. The Morgan fingerprint density at radius 3 is 2.55 bits per heavy atom. The van der Waals surface area contributed by atoms with Gasteiger partial charge in [-0.05, 0) is 23.6 Å². The van der Waals surface area contributed by atoms with Gasteiger partial charge in [-0.2, -0.15) is 0 Å². The monoisotopic (exact) mass is 306 g/mol. The van der Waals surface area contributed by atoms with E-state index in [-0.39, 0.29) is 23.8 Å². The Hall–Kier alpha value is -2.24. The summed E-state index contributed by atoms with van der Waals surface area (Å²) in [5.74, 6) is 0.727. The lowest BCUT2D eigenvalue weighted by Crippen LogP contribution is -2.39. The molecule has 0 aromatic heterocycles. The van der Waals surface area contributed by atoms with Gasteiger partial charge in [-0.3, -0.25) is 9.59 Å². The van der Waals surface area contributed by atoms with Crippen molar-refractivity contribution in [2.24, 2.45) is 5.41 Å². The lowest BCUT2D eigenvalue weighted by atomic mass is 9.93. The van der Waals surface area contributed by atoms with Crippen LogP contribution in [-0.4, -0.2) is 50.6 Å². The number of carbonyl (C=O) groups is 2. The van der Waals surface area contributed by atoms with Gasteiger partial charge in [0, 0.05) is 18.7 Å². The van der Waals surface area contributed by atoms with Crippen LogP contribution in [0.5, 0.6) is 11.5 Å². The van der Waals surface area contributed by atoms with Gasteiger partial charge in [0.15, 0.2) is 11.5 Å². The van der Waals surface area contributed by atoms with Crippen LogP contribution < -0.4 is 14.8 Å². The fourth-order valence-electron chi connectivity index (χ4n) is 2.49. The molecule has 120 valence electrons. The molecule has 6 nitrogen and oxygen atoms in total. The third kappa shape index (κ3) is 3.50. The van der Waals surface area contributed by atoms with E-state index in [1.54, 1.807) is 30.2 Å². The molecule has 0 radical (unpaired) electrons. The van der Waals surface area contributed by atoms with E-state index in [1.807, 2.05) is 13.8 Å². The molecule has 1 aromatic rings. The van der Waals surface area contributed by atoms with Gasteiger partial charge < -0.3 is 19.7 Å². The van der Waals surface area contributed by atoms with Crippen molar-refractivity contribution in [1.82, 2.24) is 10.2 Å². The number of benzene rings is 1. The van der Waals surface area contributed by atoms with Crippen molar-refractivity contribution in [3.05, 3.63) is 23.8 Å². The summed E-state index contributed by atoms with van der Waals surface area (Å²) >= 11 is 0. The minimum Gasteiger partial charge on any atom is -0.493 e. The second-order valence-corrected chi connectivity index (χ2v) is 6.17. The van der Waals surface area contributed by atoms with E-state index in [4.69, 9.17) is 9.47 Å². The third-order valence-electron chi connectivity index (χ3n) is 3.64. The van der Waals surface area contributed by atoms with E-state index in [0.717, 1.165) is 0 Å². The van der Waals surface area contributed by atoms with E-state index in [0.29, 0.717) is 30.2 Å². The lowest BCUT2D eigenvalue weighted by Gasteiger charge is -2.28. The molecular weight excluding hydrogens is 284 g/mol. The smallest absolute Gasteiger partial charge is 0.254 e. The fraction of sp³-hybridized carbons (Fsp3) is 0.500. The second kappa shape index (κ2) is 6.25. The highest BCUT2D eigenvalue weighted by Gasteiger charge is 2.31. The van der Waals surface area contributed by atoms with Gasteiger partial charge in [-0.15, -0.1) is 0 Å². The second-order valence-electron chi connectivity index (χ2n) is 6.17. The summed E-state index contributed by atoms with van der Waals surface area (Å²) in [4.78, 5) is 26.1. The van der Waals surface area contributed by atoms with Crippen LogP contribution in [0.25, 0.3) is 0 Å². The predicted octanol–water partition coefficient (Wildman–Crippen LogP) is 1.30. The average Bonchev–Trinajstić information content (AvgIpc) is 2.64. The summed E-state index contributed by atoms with van der Waals surface area (Å²) in [6, 6.07) is 5.01. The minimum atomic E-state index is -0.189. The number of hydrogen-bond donors (Lipinski definition) is 1. The Labute approximate surface area is 130 Å². The summed E-state index contributed by atoms with van der Waals surface area (Å²) in [5, 5.41) is 2.83. The topological polar surface area (TPSA) is 67.9 Å². The van der Waals surface area contributed by atoms with Crippen LogP contribution in [-0.2, 0) is 4.79 Å². The average molecular weight is 306 g/mol. The number of nitrogens with zero attached hydrogens (tertiary/aromatic N) is 1. The highest BCUT2D eigenvalue weighted by Crippen LogP contribution is 2.28. The van der Waals surface area contributed by atoms with Crippen molar-refractivity contribution in [1.29, 1.82) is 0 Å². The first-order valence-electron chi connectivity index (χ1n) is 7.14. The van der Waals surface area contributed by atoms with E-state index >= 15 is 0 Å². The van der Waals surface area contributed by atoms with Gasteiger partial charge in [0.1, 0.15) is 0 Å². The number of amides is 2. The van der Waals surface area contributed by atoms with Crippen molar-refractivity contribution in [2.75, 3.05) is 33.9 Å². The summed E-state index contributed by atoms with van der Waals surface area (Å²) in [6.45, 7) is 5.18. The molecule has 1 fully saturated rings. The van der Waals surface area contributed by atoms with Gasteiger partial charge in [0.05, 0.1) is 20.8 Å². The van der Waals surface area contributed by atoms with E-state index in [1.165, 1.54) is 7.11 Å². The summed E-state index contributed by atoms with van der Waals surface area (Å²) in [7, 11) is 3.07. The Morgan fingerprint density at radius 1 is 1.23 bits per heavy atom. The molecule has 1 aromatic carbocycles. The highest BCUT2D eigenvalue weighted by molar-refractivity contribution is 5.97. The van der Waals surface area contributed by atoms with Crippen LogP contribution in [0.1, 0.15) is 24.2 Å². The van der Waals surface area contributed by atoms with Crippen LogP contribution >= 0.6 is 0 Å². The molecule has 0 aliphatic carbocycles. The third-order valence-corrected chi connectivity index (χ3v) is 3.64. The quantitative estimate of drug-likeness (QED) is 0.914. The predicted molar refractivity (Wildman–Crippen MR) is 82.2 cm³/mol. The molecule has 1 N–H and O–H groups in total. The van der Waals surface area contributed by atoms with Crippen LogP contribution in [0, 0.1) is 5.41 Å². The maximum Gasteiger partial charge on any atom is 0.254 e. The molecule has 22 heavy (non-hydrogen) atoms. The van der Waals surface area contributed by atoms with E-state index < -0.39 is 0 Å². The van der Waals surface area contributed by atoms with E-state index in [9.17, 15) is 9.59 Å². The molecule has 1 aliphatic heterocycles. The van der Waals surface area contributed by atoms with Crippen LogP contribution in [0.15, 0.2) is 18.2 Å². The molecule has 1 aliphatic rings. The minimum absolute atomic E-state index is 0.0661. The van der Waals surface area contributed by atoms with Gasteiger partial charge in [-0.25, -0.2) is 0 Å². The molecule has 0 saturated carbocycles. The van der Waals surface area contributed by atoms with Crippen molar-refractivity contribution in [3.8, 4) is 11.5 Å². The molecule has 0 bridgehead atoms. The zero-order valence-corrected chi connectivity index (χ0v) is 13.4. The Bertz CT molecular complexity index is 584. The number of methoxy groups -OCH3 is 2. The molecule has 2 rings (SSSR count). The van der Waals surface area contributed by atoms with Crippen LogP contribution in [0.4, 0.5) is 0 Å². The first-order chi connectivity index (χ1) is 10.4. The SMILES string of the molecule is COc1ccc(C(=O)N2CC(=O)NCC(C)(C)C2)cc1OC. The van der Waals surface area contributed by atoms with Gasteiger partial charge in [0.2, 0.25) is 5.91 Å². The lowest BCUT2D eigenvalue weighted by molar-refractivity contribution is -0.121. The molecule has 0 unspecified atom stereocenters. The first kappa shape index (κ1) is 16.1. The number of carbonyl (C=O) groups excluding carboxylic acids is 2. The maximum atomic E-state index is 12.7. The van der Waals surface area contributed by atoms with Crippen LogP contribution in [0.3, 0.4) is 0 Å². The zero-order valence-electron chi connectivity index (χ0n) is 13.4. The molecule has 6 heteroatoms. The molecule has 0 atom stereocenters. The Balaban J connectivity index is 2.28. The molecule has 1 saturated heterocycles. The number of nitrogens with one attached hydrogen (secondary N) is 1. The zero-order chi connectivity index (χ0) is 16.3. The number of hydrogen-bond acceptors (Lipinski definition) is 4. The van der Waals surface area contributed by atoms with Gasteiger partial charge in [0.25, 0.3) is 5.91 Å². The highest BCUT2D eigenvalue weighted by atomic mass is 16.5. The van der Waals surface area contributed by atoms with Crippen molar-refractivity contribution in [3.63, 3.8) is 0 Å². The molecule has 1 heterocycles. The molecule has 2 amide bonds. The number of ether oxygens (including phenoxy) is 2.